The Balaban J connectivity index is 2.04. The zero-order valence-corrected chi connectivity index (χ0v) is 17.3. The highest BCUT2D eigenvalue weighted by Crippen LogP contribution is 2.30. The van der Waals surface area contributed by atoms with Gasteiger partial charge in [0.15, 0.2) is 0 Å². The summed E-state index contributed by atoms with van der Waals surface area (Å²) < 4.78 is 5.75. The van der Waals surface area contributed by atoms with E-state index in [4.69, 9.17) is 4.74 Å². The van der Waals surface area contributed by atoms with E-state index in [1.165, 1.54) is 11.1 Å². The average Bonchev–Trinajstić information content (AvgIpc) is 2.62. The van der Waals surface area contributed by atoms with Gasteiger partial charge in [-0.05, 0) is 55.4 Å². The SMILES string of the molecule is CC(=O)N(CCC(c1ccc(OC(C)C)cc1)C(C)C)Cc1ccccc1. The number of benzene rings is 2. The van der Waals surface area contributed by atoms with Crippen LogP contribution < -0.4 is 4.74 Å². The lowest BCUT2D eigenvalue weighted by atomic mass is 9.85. The number of nitrogens with zero attached hydrogens (tertiary/aromatic N) is 1. The van der Waals surface area contributed by atoms with Crippen LogP contribution in [0.4, 0.5) is 0 Å². The second kappa shape index (κ2) is 10.1. The van der Waals surface area contributed by atoms with Gasteiger partial charge in [0.05, 0.1) is 6.10 Å². The second-order valence-electron chi connectivity index (χ2n) is 7.80. The van der Waals surface area contributed by atoms with Crippen LogP contribution in [0.25, 0.3) is 0 Å². The first-order chi connectivity index (χ1) is 12.9. The summed E-state index contributed by atoms with van der Waals surface area (Å²) in [5.41, 5.74) is 2.48. The van der Waals surface area contributed by atoms with Gasteiger partial charge in [0, 0.05) is 20.0 Å². The van der Waals surface area contributed by atoms with E-state index in [2.05, 4.69) is 50.2 Å². The van der Waals surface area contributed by atoms with Crippen LogP contribution in [0.5, 0.6) is 5.75 Å². The van der Waals surface area contributed by atoms with Gasteiger partial charge in [-0.1, -0.05) is 56.3 Å². The fourth-order valence-electron chi connectivity index (χ4n) is 3.40. The molecule has 0 bridgehead atoms. The zero-order chi connectivity index (χ0) is 19.8. The average molecular weight is 368 g/mol. The molecule has 27 heavy (non-hydrogen) atoms. The van der Waals surface area contributed by atoms with Crippen molar-refractivity contribution < 1.29 is 9.53 Å². The molecule has 0 aliphatic rings. The molecule has 0 N–H and O–H groups in total. The molecule has 2 rings (SSSR count). The number of ether oxygens (including phenoxy) is 1. The summed E-state index contributed by atoms with van der Waals surface area (Å²) >= 11 is 0. The van der Waals surface area contributed by atoms with Crippen LogP contribution in [0.15, 0.2) is 54.6 Å². The molecule has 0 saturated carbocycles. The number of carbonyl (C=O) groups is 1. The molecule has 0 aliphatic heterocycles. The Morgan fingerprint density at radius 3 is 2.11 bits per heavy atom. The molecule has 3 nitrogen and oxygen atoms in total. The van der Waals surface area contributed by atoms with Crippen molar-refractivity contribution in [1.82, 2.24) is 4.90 Å². The van der Waals surface area contributed by atoms with Crippen LogP contribution in [-0.2, 0) is 11.3 Å². The molecule has 1 unspecified atom stereocenters. The Kier molecular flexibility index (Phi) is 7.90. The Labute approximate surface area is 164 Å². The maximum Gasteiger partial charge on any atom is 0.219 e. The van der Waals surface area contributed by atoms with E-state index in [-0.39, 0.29) is 12.0 Å². The lowest BCUT2D eigenvalue weighted by molar-refractivity contribution is -0.129. The first kappa shape index (κ1) is 21.0. The monoisotopic (exact) mass is 367 g/mol. The van der Waals surface area contributed by atoms with Crippen molar-refractivity contribution in [2.45, 2.75) is 59.6 Å². The molecule has 1 atom stereocenters. The number of carbonyl (C=O) groups excluding carboxylic acids is 1. The van der Waals surface area contributed by atoms with Crippen LogP contribution in [0.1, 0.15) is 58.1 Å². The van der Waals surface area contributed by atoms with Crippen LogP contribution in [-0.4, -0.2) is 23.5 Å². The van der Waals surface area contributed by atoms with E-state index in [1.807, 2.05) is 36.9 Å². The van der Waals surface area contributed by atoms with E-state index in [0.717, 1.165) is 18.7 Å². The Morgan fingerprint density at radius 1 is 0.963 bits per heavy atom. The Morgan fingerprint density at radius 2 is 1.59 bits per heavy atom. The van der Waals surface area contributed by atoms with Crippen molar-refractivity contribution >= 4 is 5.91 Å². The van der Waals surface area contributed by atoms with E-state index in [0.29, 0.717) is 18.4 Å². The normalized spacial score (nSPS) is 12.3. The molecular weight excluding hydrogens is 334 g/mol. The summed E-state index contributed by atoms with van der Waals surface area (Å²) in [7, 11) is 0. The molecule has 2 aromatic carbocycles. The van der Waals surface area contributed by atoms with Crippen LogP contribution in [0, 0.1) is 5.92 Å². The summed E-state index contributed by atoms with van der Waals surface area (Å²) in [6, 6.07) is 18.6. The minimum absolute atomic E-state index is 0.127. The standard InChI is InChI=1S/C24H33NO2/c1-18(2)24(22-11-13-23(14-12-22)27-19(3)4)15-16-25(20(5)26)17-21-9-7-6-8-10-21/h6-14,18-19,24H,15-17H2,1-5H3. The molecular formula is C24H33NO2. The fourth-order valence-corrected chi connectivity index (χ4v) is 3.40. The number of rotatable bonds is 9. The lowest BCUT2D eigenvalue weighted by Gasteiger charge is -2.27. The van der Waals surface area contributed by atoms with Crippen LogP contribution in [0.3, 0.4) is 0 Å². The number of amides is 1. The summed E-state index contributed by atoms with van der Waals surface area (Å²) in [6.07, 6.45) is 1.13. The van der Waals surface area contributed by atoms with Gasteiger partial charge < -0.3 is 9.64 Å². The molecule has 0 radical (unpaired) electrons. The topological polar surface area (TPSA) is 29.5 Å². The van der Waals surface area contributed by atoms with Crippen molar-refractivity contribution in [1.29, 1.82) is 0 Å². The minimum atomic E-state index is 0.127. The van der Waals surface area contributed by atoms with Gasteiger partial charge in [0.1, 0.15) is 5.75 Å². The molecule has 0 aromatic heterocycles. The minimum Gasteiger partial charge on any atom is -0.491 e. The molecule has 3 heteroatoms. The van der Waals surface area contributed by atoms with Crippen molar-refractivity contribution in [3.05, 3.63) is 65.7 Å². The second-order valence-corrected chi connectivity index (χ2v) is 7.80. The van der Waals surface area contributed by atoms with Crippen molar-refractivity contribution in [3.8, 4) is 5.75 Å². The Hall–Kier alpha value is -2.29. The molecule has 0 saturated heterocycles. The molecule has 0 heterocycles. The first-order valence-corrected chi connectivity index (χ1v) is 9.93. The summed E-state index contributed by atoms with van der Waals surface area (Å²) in [4.78, 5) is 14.1. The molecule has 0 spiro atoms. The summed E-state index contributed by atoms with van der Waals surface area (Å²) in [5, 5.41) is 0. The van der Waals surface area contributed by atoms with Crippen molar-refractivity contribution in [2.75, 3.05) is 6.54 Å². The smallest absolute Gasteiger partial charge is 0.219 e. The zero-order valence-electron chi connectivity index (χ0n) is 17.3. The molecule has 1 amide bonds. The van der Waals surface area contributed by atoms with Crippen LogP contribution in [0.2, 0.25) is 0 Å². The number of hydrogen-bond acceptors (Lipinski definition) is 2. The highest BCUT2D eigenvalue weighted by atomic mass is 16.5. The van der Waals surface area contributed by atoms with Gasteiger partial charge in [0.2, 0.25) is 5.91 Å². The predicted octanol–water partition coefficient (Wildman–Crippen LogP) is 5.65. The third-order valence-corrected chi connectivity index (χ3v) is 4.86. The van der Waals surface area contributed by atoms with Gasteiger partial charge in [-0.25, -0.2) is 0 Å². The van der Waals surface area contributed by atoms with Crippen molar-refractivity contribution in [3.63, 3.8) is 0 Å². The van der Waals surface area contributed by atoms with Gasteiger partial charge in [-0.3, -0.25) is 4.79 Å². The van der Waals surface area contributed by atoms with E-state index in [9.17, 15) is 4.79 Å². The van der Waals surface area contributed by atoms with E-state index in [1.54, 1.807) is 6.92 Å². The fraction of sp³-hybridized carbons (Fsp3) is 0.458. The highest BCUT2D eigenvalue weighted by molar-refractivity contribution is 5.73. The maximum atomic E-state index is 12.1. The van der Waals surface area contributed by atoms with Gasteiger partial charge in [-0.15, -0.1) is 0 Å². The van der Waals surface area contributed by atoms with Gasteiger partial charge in [-0.2, -0.15) is 0 Å². The first-order valence-electron chi connectivity index (χ1n) is 9.93. The van der Waals surface area contributed by atoms with Gasteiger partial charge in [0.25, 0.3) is 0 Å². The maximum absolute atomic E-state index is 12.1. The van der Waals surface area contributed by atoms with E-state index < -0.39 is 0 Å². The lowest BCUT2D eigenvalue weighted by Crippen LogP contribution is -2.30. The Bertz CT molecular complexity index is 692. The third-order valence-electron chi connectivity index (χ3n) is 4.86. The number of hydrogen-bond donors (Lipinski definition) is 0. The molecule has 0 fully saturated rings. The van der Waals surface area contributed by atoms with Gasteiger partial charge >= 0.3 is 0 Å². The molecule has 0 aliphatic carbocycles. The summed E-state index contributed by atoms with van der Waals surface area (Å²) in [5.74, 6) is 1.95. The largest absolute Gasteiger partial charge is 0.491 e. The van der Waals surface area contributed by atoms with E-state index >= 15 is 0 Å². The van der Waals surface area contributed by atoms with Crippen LogP contribution >= 0.6 is 0 Å². The third kappa shape index (κ3) is 6.74. The molecule has 2 aromatic rings. The highest BCUT2D eigenvalue weighted by Gasteiger charge is 2.19. The summed E-state index contributed by atoms with van der Waals surface area (Å²) in [6.45, 7) is 11.7. The quantitative estimate of drug-likeness (QED) is 0.573. The molecule has 146 valence electrons. The van der Waals surface area contributed by atoms with Crippen molar-refractivity contribution in [2.24, 2.45) is 5.92 Å². The predicted molar refractivity (Wildman–Crippen MR) is 112 cm³/mol.